The molecule has 0 amide bonds. The van der Waals surface area contributed by atoms with Crippen LogP contribution in [0.2, 0.25) is 0 Å². The average molecular weight is 475 g/mol. The van der Waals surface area contributed by atoms with E-state index in [-0.39, 0.29) is 37.0 Å². The van der Waals surface area contributed by atoms with Gasteiger partial charge in [0.1, 0.15) is 36.1 Å². The number of thiophene rings is 1. The quantitative estimate of drug-likeness (QED) is 0.372. The average Bonchev–Trinajstić information content (AvgIpc) is 3.35. The van der Waals surface area contributed by atoms with E-state index in [0.29, 0.717) is 29.0 Å². The molecular weight excluding hydrogens is 446 g/mol. The molecule has 6 atom stereocenters. The van der Waals surface area contributed by atoms with Gasteiger partial charge in [-0.1, -0.05) is 18.2 Å². The van der Waals surface area contributed by atoms with Crippen LogP contribution in [-0.4, -0.2) is 79.7 Å². The zero-order chi connectivity index (χ0) is 23.4. The monoisotopic (exact) mass is 474 g/mol. The zero-order valence-corrected chi connectivity index (χ0v) is 19.6. The molecule has 2 aromatic rings. The van der Waals surface area contributed by atoms with Gasteiger partial charge in [-0.25, -0.2) is 9.59 Å². The van der Waals surface area contributed by atoms with E-state index in [9.17, 15) is 14.7 Å². The van der Waals surface area contributed by atoms with Gasteiger partial charge >= 0.3 is 11.9 Å². The molecule has 0 saturated carbocycles. The number of aliphatic hydroxyl groups is 1. The normalized spacial score (nSPS) is 30.6. The number of methoxy groups -OCH3 is 1. The van der Waals surface area contributed by atoms with Crippen LogP contribution in [-0.2, 0) is 29.4 Å². The molecule has 1 aromatic carbocycles. The molecule has 1 aromatic heterocycles. The van der Waals surface area contributed by atoms with Crippen LogP contribution in [0.1, 0.15) is 23.3 Å². The van der Waals surface area contributed by atoms with Crippen LogP contribution in [0.15, 0.2) is 41.8 Å². The predicted octanol–water partition coefficient (Wildman–Crippen LogP) is 1.84. The molecule has 3 aliphatic heterocycles. The Hall–Kier alpha value is -2.46. The number of hydrogen-bond donors (Lipinski definition) is 1. The summed E-state index contributed by atoms with van der Waals surface area (Å²) >= 11 is 1.27. The van der Waals surface area contributed by atoms with Crippen LogP contribution in [0.5, 0.6) is 5.75 Å². The highest BCUT2D eigenvalue weighted by Crippen LogP contribution is 2.52. The summed E-state index contributed by atoms with van der Waals surface area (Å²) in [5.74, 6) is -0.891. The number of rotatable bonds is 7. The highest BCUT2D eigenvalue weighted by molar-refractivity contribution is 7.10. The second-order valence-electron chi connectivity index (χ2n) is 9.41. The Morgan fingerprint density at radius 1 is 1.18 bits per heavy atom. The lowest BCUT2D eigenvalue weighted by atomic mass is 9.91. The summed E-state index contributed by atoms with van der Waals surface area (Å²) < 4.78 is 22.7. The number of morpholine rings is 1. The number of ether oxygens (including phenoxy) is 4. The Kier molecular flexibility index (Phi) is 5.48. The smallest absolute Gasteiger partial charge is 0.348 e. The van der Waals surface area contributed by atoms with E-state index in [0.717, 1.165) is 4.48 Å². The molecule has 2 bridgehead atoms. The summed E-state index contributed by atoms with van der Waals surface area (Å²) in [4.78, 5) is 25.4. The van der Waals surface area contributed by atoms with Crippen LogP contribution in [0.3, 0.4) is 0 Å². The molecule has 176 valence electrons. The molecule has 0 spiro atoms. The summed E-state index contributed by atoms with van der Waals surface area (Å²) in [6.45, 7) is -0.273. The van der Waals surface area contributed by atoms with Gasteiger partial charge in [0, 0.05) is 18.4 Å². The van der Waals surface area contributed by atoms with Gasteiger partial charge in [-0.2, -0.15) is 0 Å². The van der Waals surface area contributed by atoms with Crippen LogP contribution >= 0.6 is 11.3 Å². The van der Waals surface area contributed by atoms with Gasteiger partial charge in [0.15, 0.2) is 6.61 Å². The first kappa shape index (κ1) is 22.3. The maximum absolute atomic E-state index is 13.5. The Labute approximate surface area is 196 Å². The molecule has 3 fully saturated rings. The highest BCUT2D eigenvalue weighted by atomic mass is 32.1. The molecule has 3 aliphatic rings. The lowest BCUT2D eigenvalue weighted by molar-refractivity contribution is -0.938. The number of quaternary nitrogens is 1. The first-order chi connectivity index (χ1) is 15.7. The van der Waals surface area contributed by atoms with Gasteiger partial charge < -0.3 is 28.5 Å². The molecule has 9 heteroatoms. The van der Waals surface area contributed by atoms with Crippen molar-refractivity contribution >= 4 is 23.3 Å². The number of benzene rings is 1. The molecule has 4 heterocycles. The number of fused-ring (bicyclic) bond motifs is 5. The van der Waals surface area contributed by atoms with E-state index in [2.05, 4.69) is 18.8 Å². The lowest BCUT2D eigenvalue weighted by Crippen LogP contribution is -2.60. The Morgan fingerprint density at radius 3 is 2.55 bits per heavy atom. The summed E-state index contributed by atoms with van der Waals surface area (Å²) in [6, 6.07) is 10.6. The molecule has 0 aliphatic carbocycles. The molecule has 3 saturated heterocycles. The first-order valence-corrected chi connectivity index (χ1v) is 11.9. The Balaban J connectivity index is 1.38. The highest BCUT2D eigenvalue weighted by Gasteiger charge is 2.71. The lowest BCUT2D eigenvalue weighted by Gasteiger charge is -2.45. The van der Waals surface area contributed by atoms with E-state index >= 15 is 0 Å². The van der Waals surface area contributed by atoms with Crippen molar-refractivity contribution in [2.45, 2.75) is 48.8 Å². The van der Waals surface area contributed by atoms with E-state index in [1.807, 2.05) is 0 Å². The molecule has 5 rings (SSSR count). The topological polar surface area (TPSA) is 94.6 Å². The van der Waals surface area contributed by atoms with Crippen molar-refractivity contribution in [3.63, 3.8) is 0 Å². The zero-order valence-electron chi connectivity index (χ0n) is 18.8. The van der Waals surface area contributed by atoms with Gasteiger partial charge in [0.05, 0.1) is 26.1 Å². The maximum Gasteiger partial charge on any atom is 0.348 e. The van der Waals surface area contributed by atoms with E-state index in [1.54, 1.807) is 41.8 Å². The van der Waals surface area contributed by atoms with Crippen LogP contribution in [0.4, 0.5) is 0 Å². The number of carbonyl (C=O) groups excluding carboxylic acids is 2. The van der Waals surface area contributed by atoms with Gasteiger partial charge in [0.25, 0.3) is 0 Å². The number of likely N-dealkylation sites (N-methyl/N-ethyl adjacent to an activating group) is 1. The summed E-state index contributed by atoms with van der Waals surface area (Å²) in [7, 11) is 5.70. The van der Waals surface area contributed by atoms with Crippen molar-refractivity contribution in [1.82, 2.24) is 0 Å². The summed E-state index contributed by atoms with van der Waals surface area (Å²) in [5, 5.41) is 13.6. The SMILES string of the molecule is COC(=O)COc1cccc(C(O)(C(=O)OC2C[C@@H]3[C@H]4O[C@H]4[C@H](C2)[N+]3(C)C)c2cccs2)c1. The van der Waals surface area contributed by atoms with E-state index in [4.69, 9.17) is 14.2 Å². The molecule has 0 radical (unpaired) electrons. The van der Waals surface area contributed by atoms with Crippen molar-refractivity contribution in [3.8, 4) is 5.75 Å². The molecular formula is C24H28NO7S+. The summed E-state index contributed by atoms with van der Waals surface area (Å²) in [6.07, 6.45) is 1.63. The Morgan fingerprint density at radius 2 is 1.91 bits per heavy atom. The van der Waals surface area contributed by atoms with Crippen LogP contribution in [0, 0.1) is 0 Å². The minimum atomic E-state index is -1.99. The van der Waals surface area contributed by atoms with Crippen molar-refractivity contribution in [2.75, 3.05) is 27.8 Å². The van der Waals surface area contributed by atoms with Gasteiger partial charge in [-0.3, -0.25) is 0 Å². The van der Waals surface area contributed by atoms with Crippen molar-refractivity contribution in [3.05, 3.63) is 52.2 Å². The van der Waals surface area contributed by atoms with E-state index < -0.39 is 17.5 Å². The standard InChI is InChI=1S/C24H28NO7S/c1-25(2)17-11-16(12-18(25)22-21(17)32-22)31-23(27)24(28,19-8-5-9-33-19)14-6-4-7-15(10-14)30-13-20(26)29-3/h4-10,16-18,21-22,28H,11-13H2,1-3H3/q+1/t16?,17-,18+,21-,22+,24?. The number of hydrogen-bond acceptors (Lipinski definition) is 8. The molecule has 33 heavy (non-hydrogen) atoms. The second-order valence-corrected chi connectivity index (χ2v) is 10.4. The number of piperidine rings is 1. The van der Waals surface area contributed by atoms with Crippen molar-refractivity contribution in [2.24, 2.45) is 0 Å². The minimum absolute atomic E-state index is 0.244. The third-order valence-electron chi connectivity index (χ3n) is 7.32. The third kappa shape index (κ3) is 3.73. The van der Waals surface area contributed by atoms with Crippen molar-refractivity contribution in [1.29, 1.82) is 0 Å². The maximum atomic E-state index is 13.5. The number of carbonyl (C=O) groups is 2. The van der Waals surface area contributed by atoms with Gasteiger partial charge in [-0.05, 0) is 23.6 Å². The fourth-order valence-electron chi connectivity index (χ4n) is 5.40. The van der Waals surface area contributed by atoms with Gasteiger partial charge in [0.2, 0.25) is 5.60 Å². The Bertz CT molecular complexity index is 1030. The first-order valence-electron chi connectivity index (χ1n) is 11.0. The summed E-state index contributed by atoms with van der Waals surface area (Å²) in [5.41, 5.74) is -1.67. The predicted molar refractivity (Wildman–Crippen MR) is 119 cm³/mol. The molecule has 8 nitrogen and oxygen atoms in total. The fraction of sp³-hybridized carbons (Fsp3) is 0.500. The third-order valence-corrected chi connectivity index (χ3v) is 8.30. The molecule has 1 N–H and O–H groups in total. The van der Waals surface area contributed by atoms with Crippen LogP contribution in [0.25, 0.3) is 0 Å². The molecule has 2 unspecified atom stereocenters. The number of epoxide rings is 1. The van der Waals surface area contributed by atoms with Gasteiger partial charge in [-0.15, -0.1) is 11.3 Å². The fourth-order valence-corrected chi connectivity index (χ4v) is 6.23. The van der Waals surface area contributed by atoms with Crippen molar-refractivity contribution < 1.29 is 38.1 Å². The minimum Gasteiger partial charge on any atom is -0.482 e. The second kappa shape index (κ2) is 8.09. The number of esters is 2. The van der Waals surface area contributed by atoms with E-state index in [1.165, 1.54) is 18.4 Å². The largest absolute Gasteiger partial charge is 0.482 e. The van der Waals surface area contributed by atoms with Crippen LogP contribution < -0.4 is 4.74 Å². The number of nitrogens with zero attached hydrogens (tertiary/aromatic N) is 1.